The third kappa shape index (κ3) is 2.22. The van der Waals surface area contributed by atoms with Crippen molar-refractivity contribution in [2.45, 2.75) is 13.5 Å². The second kappa shape index (κ2) is 5.03. The Morgan fingerprint density at radius 3 is 3.05 bits per heavy atom. The van der Waals surface area contributed by atoms with Crippen molar-refractivity contribution in [2.75, 3.05) is 10.2 Å². The molecule has 3 aromatic rings. The van der Waals surface area contributed by atoms with Crippen LogP contribution in [0.3, 0.4) is 0 Å². The van der Waals surface area contributed by atoms with Crippen LogP contribution in [0.5, 0.6) is 0 Å². The van der Waals surface area contributed by atoms with Gasteiger partial charge in [0.25, 0.3) is 0 Å². The van der Waals surface area contributed by atoms with Gasteiger partial charge in [0.2, 0.25) is 0 Å². The number of hydrogen-bond acceptors (Lipinski definition) is 5. The van der Waals surface area contributed by atoms with Gasteiger partial charge in [-0.1, -0.05) is 0 Å². The predicted molar refractivity (Wildman–Crippen MR) is 83.9 cm³/mol. The van der Waals surface area contributed by atoms with E-state index >= 15 is 0 Å². The summed E-state index contributed by atoms with van der Waals surface area (Å²) in [4.78, 5) is 10.7. The van der Waals surface area contributed by atoms with Gasteiger partial charge in [-0.25, -0.2) is 4.98 Å². The van der Waals surface area contributed by atoms with Gasteiger partial charge in [0.05, 0.1) is 18.4 Å². The van der Waals surface area contributed by atoms with Crippen LogP contribution < -0.4 is 10.2 Å². The van der Waals surface area contributed by atoms with Crippen molar-refractivity contribution < 1.29 is 0 Å². The zero-order chi connectivity index (χ0) is 14.9. The Kier molecular flexibility index (Phi) is 2.89. The first-order valence-corrected chi connectivity index (χ1v) is 7.00. The van der Waals surface area contributed by atoms with E-state index < -0.39 is 0 Å². The number of aryl methyl sites for hydroxylation is 1. The molecule has 110 valence electrons. The molecular formula is C15H15N7. The van der Waals surface area contributed by atoms with Crippen molar-refractivity contribution in [3.8, 4) is 0 Å². The van der Waals surface area contributed by atoms with Gasteiger partial charge in [-0.2, -0.15) is 5.10 Å². The van der Waals surface area contributed by atoms with Crippen molar-refractivity contribution in [3.63, 3.8) is 0 Å². The second-order valence-corrected chi connectivity index (χ2v) is 5.13. The van der Waals surface area contributed by atoms with Gasteiger partial charge >= 0.3 is 0 Å². The number of rotatable bonds is 3. The smallest absolute Gasteiger partial charge is 0.153 e. The second-order valence-electron chi connectivity index (χ2n) is 5.13. The summed E-state index contributed by atoms with van der Waals surface area (Å²) in [7, 11) is 0. The molecule has 1 aliphatic rings. The lowest BCUT2D eigenvalue weighted by atomic mass is 10.3. The van der Waals surface area contributed by atoms with Crippen molar-refractivity contribution in [3.05, 3.63) is 60.7 Å². The zero-order valence-corrected chi connectivity index (χ0v) is 12.1. The minimum Gasteiger partial charge on any atom is -0.336 e. The van der Waals surface area contributed by atoms with Crippen LogP contribution in [-0.4, -0.2) is 24.7 Å². The molecule has 4 rings (SSSR count). The Balaban J connectivity index is 1.71. The summed E-state index contributed by atoms with van der Waals surface area (Å²) < 4.78 is 2.02. The average Bonchev–Trinajstić information content (AvgIpc) is 3.17. The number of pyridine rings is 1. The molecular weight excluding hydrogens is 278 g/mol. The van der Waals surface area contributed by atoms with Crippen LogP contribution in [0.2, 0.25) is 0 Å². The van der Waals surface area contributed by atoms with Crippen LogP contribution in [0.1, 0.15) is 11.5 Å². The largest absolute Gasteiger partial charge is 0.336 e. The summed E-state index contributed by atoms with van der Waals surface area (Å²) in [5, 5.41) is 10.5. The molecule has 4 heterocycles. The number of aromatic amines is 1. The number of H-pyrrole nitrogens is 1. The first kappa shape index (κ1) is 12.6. The average molecular weight is 293 g/mol. The first-order valence-electron chi connectivity index (χ1n) is 7.00. The molecule has 0 saturated heterocycles. The lowest BCUT2D eigenvalue weighted by molar-refractivity contribution is 0.804. The van der Waals surface area contributed by atoms with E-state index in [9.17, 15) is 0 Å². The fourth-order valence-electron chi connectivity index (χ4n) is 2.47. The van der Waals surface area contributed by atoms with Crippen molar-refractivity contribution in [2.24, 2.45) is 0 Å². The minimum absolute atomic E-state index is 0.698. The van der Waals surface area contributed by atoms with E-state index in [4.69, 9.17) is 0 Å². The van der Waals surface area contributed by atoms with E-state index in [1.54, 1.807) is 12.4 Å². The number of nitrogens with one attached hydrogen (secondary N) is 2. The van der Waals surface area contributed by atoms with Gasteiger partial charge < -0.3 is 10.2 Å². The maximum atomic E-state index is 4.42. The summed E-state index contributed by atoms with van der Waals surface area (Å²) in [6.07, 6.45) is 9.38. The molecule has 0 amide bonds. The monoisotopic (exact) mass is 293 g/mol. The Labute approximate surface area is 127 Å². The maximum Gasteiger partial charge on any atom is 0.153 e. The zero-order valence-electron chi connectivity index (χ0n) is 12.1. The third-order valence-electron chi connectivity index (χ3n) is 3.51. The first-order chi connectivity index (χ1) is 10.8. The molecule has 7 nitrogen and oxygen atoms in total. The molecule has 2 N–H and O–H groups in total. The van der Waals surface area contributed by atoms with Gasteiger partial charge in [-0.3, -0.25) is 14.6 Å². The molecule has 0 radical (unpaired) electrons. The molecule has 0 aromatic carbocycles. The normalized spacial score (nSPS) is 13.7. The quantitative estimate of drug-likeness (QED) is 0.774. The van der Waals surface area contributed by atoms with Crippen LogP contribution in [0, 0.1) is 6.92 Å². The van der Waals surface area contributed by atoms with Crippen LogP contribution in [0.25, 0.3) is 5.82 Å². The molecule has 0 bridgehead atoms. The van der Waals surface area contributed by atoms with Crippen LogP contribution >= 0.6 is 0 Å². The minimum atomic E-state index is 0.698. The number of fused-ring (bicyclic) bond motifs is 1. The van der Waals surface area contributed by atoms with Crippen molar-refractivity contribution >= 4 is 17.3 Å². The van der Waals surface area contributed by atoms with E-state index in [1.807, 2.05) is 48.3 Å². The highest BCUT2D eigenvalue weighted by Crippen LogP contribution is 2.24. The third-order valence-corrected chi connectivity index (χ3v) is 3.51. The number of imidazole rings is 1. The molecule has 22 heavy (non-hydrogen) atoms. The van der Waals surface area contributed by atoms with E-state index in [0.717, 1.165) is 28.8 Å². The summed E-state index contributed by atoms with van der Waals surface area (Å²) in [5.41, 5.74) is 2.03. The van der Waals surface area contributed by atoms with E-state index in [-0.39, 0.29) is 0 Å². The Morgan fingerprint density at radius 1 is 1.32 bits per heavy atom. The lowest BCUT2D eigenvalue weighted by Gasteiger charge is -2.27. The van der Waals surface area contributed by atoms with Crippen LogP contribution in [0.15, 0.2) is 49.2 Å². The summed E-state index contributed by atoms with van der Waals surface area (Å²) in [6, 6.07) is 5.91. The van der Waals surface area contributed by atoms with Gasteiger partial charge in [-0.05, 0) is 19.1 Å². The molecule has 0 spiro atoms. The number of hydrogen-bond donors (Lipinski definition) is 2. The van der Waals surface area contributed by atoms with Gasteiger partial charge in [0.15, 0.2) is 5.82 Å². The maximum absolute atomic E-state index is 4.42. The highest BCUT2D eigenvalue weighted by atomic mass is 15.3. The lowest BCUT2D eigenvalue weighted by Crippen LogP contribution is -2.27. The van der Waals surface area contributed by atoms with E-state index in [0.29, 0.717) is 6.54 Å². The fraction of sp³-hybridized carbons (Fsp3) is 0.133. The van der Waals surface area contributed by atoms with Crippen LogP contribution in [0.4, 0.5) is 11.5 Å². The van der Waals surface area contributed by atoms with Gasteiger partial charge in [0, 0.05) is 36.6 Å². The van der Waals surface area contributed by atoms with Crippen LogP contribution in [-0.2, 0) is 6.54 Å². The number of anilines is 2. The van der Waals surface area contributed by atoms with Crippen molar-refractivity contribution in [1.82, 2.24) is 24.7 Å². The molecule has 0 fully saturated rings. The molecule has 0 aliphatic carbocycles. The highest BCUT2D eigenvalue weighted by molar-refractivity contribution is 5.67. The van der Waals surface area contributed by atoms with E-state index in [1.165, 1.54) is 0 Å². The molecule has 0 unspecified atom stereocenters. The fourth-order valence-corrected chi connectivity index (χ4v) is 2.47. The standard InChI is InChI=1S/C15H15N7/c1-11-7-13(20-19-11)18-15-10-21(12-3-2-4-16-8-12)9-14-17-5-6-22(14)15/h2-8,10H,9H2,1H3,(H2,18,19,20). The molecule has 0 saturated carbocycles. The Morgan fingerprint density at radius 2 is 2.27 bits per heavy atom. The van der Waals surface area contributed by atoms with E-state index in [2.05, 4.69) is 30.4 Å². The SMILES string of the molecule is Cc1cc(NC2=CN(c3cccnc3)Cc3nccn32)n[nH]1. The summed E-state index contributed by atoms with van der Waals surface area (Å²) in [6.45, 7) is 2.67. The Hall–Kier alpha value is -3.09. The van der Waals surface area contributed by atoms with Crippen molar-refractivity contribution in [1.29, 1.82) is 0 Å². The topological polar surface area (TPSA) is 74.7 Å². The molecule has 1 aliphatic heterocycles. The Bertz CT molecular complexity index is 815. The molecule has 7 heteroatoms. The molecule has 3 aromatic heterocycles. The summed E-state index contributed by atoms with van der Waals surface area (Å²) in [5.74, 6) is 2.63. The number of nitrogens with zero attached hydrogens (tertiary/aromatic N) is 5. The van der Waals surface area contributed by atoms with Gasteiger partial charge in [0.1, 0.15) is 11.6 Å². The predicted octanol–water partition coefficient (Wildman–Crippen LogP) is 2.20. The number of aromatic nitrogens is 5. The van der Waals surface area contributed by atoms with Gasteiger partial charge in [-0.15, -0.1) is 0 Å². The molecule has 0 atom stereocenters. The summed E-state index contributed by atoms with van der Waals surface area (Å²) >= 11 is 0. The highest BCUT2D eigenvalue weighted by Gasteiger charge is 2.19.